The molecule has 5 rings (SSSR count). The van der Waals surface area contributed by atoms with E-state index in [1.54, 1.807) is 48.5 Å². The maximum atomic E-state index is 12.9. The summed E-state index contributed by atoms with van der Waals surface area (Å²) in [5.41, 5.74) is 3.10. The minimum atomic E-state index is -0.459. The number of piperazine rings is 1. The van der Waals surface area contributed by atoms with E-state index in [0.717, 1.165) is 16.9 Å². The van der Waals surface area contributed by atoms with Crippen molar-refractivity contribution in [2.24, 2.45) is 0 Å². The third-order valence-corrected chi connectivity index (χ3v) is 7.04. The molecular weight excluding hydrogens is 555 g/mol. The average molecular weight is 580 g/mol. The lowest BCUT2D eigenvalue weighted by Gasteiger charge is -2.37. The van der Waals surface area contributed by atoms with Crippen LogP contribution in [-0.4, -0.2) is 48.0 Å². The van der Waals surface area contributed by atoms with Crippen LogP contribution in [0.4, 0.5) is 11.4 Å². The molecule has 1 aromatic heterocycles. The second-order valence-corrected chi connectivity index (χ2v) is 10.2. The number of carbonyl (C=O) groups is 2. The molecule has 2 amide bonds. The van der Waals surface area contributed by atoms with E-state index >= 15 is 0 Å². The molecule has 0 saturated carbocycles. The van der Waals surface area contributed by atoms with Gasteiger partial charge in [-0.15, -0.1) is 0 Å². The molecule has 4 aromatic rings. The summed E-state index contributed by atoms with van der Waals surface area (Å²) < 4.78 is 5.72. The lowest BCUT2D eigenvalue weighted by atomic mass is 10.1. The number of amides is 2. The number of carbonyl (C=O) groups excluding carboxylic acids is 2. The molecule has 2 N–H and O–H groups in total. The Labute approximate surface area is 241 Å². The summed E-state index contributed by atoms with van der Waals surface area (Å²) >= 11 is 17.3. The smallest absolute Gasteiger partial charge is 0.293 e. The van der Waals surface area contributed by atoms with Crippen LogP contribution < -0.4 is 15.5 Å². The molecule has 0 spiro atoms. The zero-order chi connectivity index (χ0) is 27.4. The quantitative estimate of drug-likeness (QED) is 0.269. The van der Waals surface area contributed by atoms with E-state index in [4.69, 9.17) is 39.8 Å². The summed E-state index contributed by atoms with van der Waals surface area (Å²) in [4.78, 5) is 29.6. The monoisotopic (exact) mass is 578 g/mol. The van der Waals surface area contributed by atoms with Crippen molar-refractivity contribution in [2.75, 3.05) is 36.4 Å². The fourth-order valence-electron chi connectivity index (χ4n) is 4.33. The third kappa shape index (κ3) is 6.42. The largest absolute Gasteiger partial charge is 0.451 e. The number of hydrogen-bond donors (Lipinski definition) is 2. The zero-order valence-corrected chi connectivity index (χ0v) is 23.0. The highest BCUT2D eigenvalue weighted by Gasteiger charge is 2.24. The van der Waals surface area contributed by atoms with Gasteiger partial charge in [0.25, 0.3) is 11.8 Å². The first-order valence-corrected chi connectivity index (χ1v) is 13.4. The number of hydrogen-bond acceptors (Lipinski definition) is 5. The predicted octanol–water partition coefficient (Wildman–Crippen LogP) is 6.34. The first-order valence-electron chi connectivity index (χ1n) is 12.2. The van der Waals surface area contributed by atoms with Crippen molar-refractivity contribution in [3.05, 3.63) is 106 Å². The minimum Gasteiger partial charge on any atom is -0.451 e. The normalized spacial score (nSPS) is 13.2. The number of furan rings is 1. The molecule has 1 aliphatic rings. The highest BCUT2D eigenvalue weighted by molar-refractivity contribution is 7.80. The SMILES string of the molecule is O=C(NC(=S)Nc1ccccc1N1CCN(C(=O)c2ccc(Cl)cc2)CC1)c1ccc(-c2ccc(Cl)cc2)o1. The predicted molar refractivity (Wildman–Crippen MR) is 159 cm³/mol. The van der Waals surface area contributed by atoms with Gasteiger partial charge < -0.3 is 19.5 Å². The van der Waals surface area contributed by atoms with E-state index in [0.29, 0.717) is 47.5 Å². The van der Waals surface area contributed by atoms with Gasteiger partial charge in [-0.05, 0) is 85.0 Å². The van der Waals surface area contributed by atoms with Gasteiger partial charge in [0, 0.05) is 47.4 Å². The number of nitrogens with one attached hydrogen (secondary N) is 2. The minimum absolute atomic E-state index is 0.0150. The molecule has 10 heteroatoms. The van der Waals surface area contributed by atoms with E-state index in [1.807, 2.05) is 41.3 Å². The van der Waals surface area contributed by atoms with E-state index in [9.17, 15) is 9.59 Å². The Morgan fingerprint density at radius 3 is 2.13 bits per heavy atom. The molecule has 1 aliphatic heterocycles. The number of nitrogens with zero attached hydrogens (tertiary/aromatic N) is 2. The van der Waals surface area contributed by atoms with Crippen molar-refractivity contribution in [3.8, 4) is 11.3 Å². The lowest BCUT2D eigenvalue weighted by Crippen LogP contribution is -2.49. The summed E-state index contributed by atoms with van der Waals surface area (Å²) in [6.45, 7) is 2.45. The van der Waals surface area contributed by atoms with Gasteiger partial charge in [-0.1, -0.05) is 35.3 Å². The Morgan fingerprint density at radius 2 is 1.44 bits per heavy atom. The number of para-hydroxylation sites is 2. The standard InChI is InChI=1S/C29H24Cl2N4O3S/c30-21-9-5-19(6-10-21)25-13-14-26(38-25)27(36)33-29(39)32-23-3-1-2-4-24(23)34-15-17-35(18-16-34)28(37)20-7-11-22(31)12-8-20/h1-14H,15-18H2,(H2,32,33,36,39). The van der Waals surface area contributed by atoms with Crippen molar-refractivity contribution < 1.29 is 14.0 Å². The van der Waals surface area contributed by atoms with E-state index in [1.165, 1.54) is 0 Å². The molecule has 0 bridgehead atoms. The fraction of sp³-hybridized carbons (Fsp3) is 0.138. The van der Waals surface area contributed by atoms with Crippen molar-refractivity contribution in [1.82, 2.24) is 10.2 Å². The van der Waals surface area contributed by atoms with Gasteiger partial charge in [-0.3, -0.25) is 14.9 Å². The van der Waals surface area contributed by atoms with Crippen LogP contribution >= 0.6 is 35.4 Å². The van der Waals surface area contributed by atoms with Gasteiger partial charge in [0.15, 0.2) is 10.9 Å². The summed E-state index contributed by atoms with van der Waals surface area (Å²) in [6.07, 6.45) is 0. The van der Waals surface area contributed by atoms with Crippen LogP contribution in [-0.2, 0) is 0 Å². The summed E-state index contributed by atoms with van der Waals surface area (Å²) in [5, 5.41) is 7.17. The Morgan fingerprint density at radius 1 is 0.795 bits per heavy atom. The van der Waals surface area contributed by atoms with Crippen molar-refractivity contribution in [1.29, 1.82) is 0 Å². The summed E-state index contributed by atoms with van der Waals surface area (Å²) in [6, 6.07) is 25.1. The Bertz CT molecular complexity index is 1500. The zero-order valence-electron chi connectivity index (χ0n) is 20.7. The van der Waals surface area contributed by atoms with Crippen LogP contribution in [0.15, 0.2) is 89.3 Å². The van der Waals surface area contributed by atoms with Gasteiger partial charge in [0.05, 0.1) is 11.4 Å². The van der Waals surface area contributed by atoms with Crippen molar-refractivity contribution in [3.63, 3.8) is 0 Å². The lowest BCUT2D eigenvalue weighted by molar-refractivity contribution is 0.0746. The molecule has 0 atom stereocenters. The molecule has 0 unspecified atom stereocenters. The molecule has 0 aliphatic carbocycles. The number of anilines is 2. The van der Waals surface area contributed by atoms with Crippen LogP contribution in [0.2, 0.25) is 10.0 Å². The topological polar surface area (TPSA) is 77.8 Å². The molecular formula is C29H24Cl2N4O3S. The number of thiocarbonyl (C=S) groups is 1. The molecule has 1 saturated heterocycles. The van der Waals surface area contributed by atoms with E-state index < -0.39 is 5.91 Å². The Hall–Kier alpha value is -3.85. The maximum absolute atomic E-state index is 12.9. The van der Waals surface area contributed by atoms with Crippen LogP contribution in [0.1, 0.15) is 20.9 Å². The maximum Gasteiger partial charge on any atom is 0.293 e. The summed E-state index contributed by atoms with van der Waals surface area (Å²) in [5.74, 6) is 0.215. The molecule has 0 radical (unpaired) electrons. The number of halogens is 2. The average Bonchev–Trinajstić information content (AvgIpc) is 3.45. The second kappa shape index (κ2) is 11.9. The molecule has 39 heavy (non-hydrogen) atoms. The molecule has 7 nitrogen and oxygen atoms in total. The van der Waals surface area contributed by atoms with Gasteiger partial charge in [0.1, 0.15) is 5.76 Å². The number of benzene rings is 3. The van der Waals surface area contributed by atoms with Gasteiger partial charge in [-0.2, -0.15) is 0 Å². The highest BCUT2D eigenvalue weighted by atomic mass is 35.5. The molecule has 1 fully saturated rings. The van der Waals surface area contributed by atoms with Crippen LogP contribution in [0, 0.1) is 0 Å². The van der Waals surface area contributed by atoms with E-state index in [2.05, 4.69) is 15.5 Å². The molecule has 198 valence electrons. The molecule has 2 heterocycles. The second-order valence-electron chi connectivity index (χ2n) is 8.88. The fourth-order valence-corrected chi connectivity index (χ4v) is 4.78. The van der Waals surface area contributed by atoms with Gasteiger partial charge in [0.2, 0.25) is 0 Å². The van der Waals surface area contributed by atoms with Gasteiger partial charge >= 0.3 is 0 Å². The van der Waals surface area contributed by atoms with Crippen molar-refractivity contribution >= 4 is 63.7 Å². The molecule has 3 aromatic carbocycles. The Kier molecular flexibility index (Phi) is 8.16. The van der Waals surface area contributed by atoms with Crippen LogP contribution in [0.3, 0.4) is 0 Å². The van der Waals surface area contributed by atoms with Crippen LogP contribution in [0.25, 0.3) is 11.3 Å². The Balaban J connectivity index is 1.19. The number of rotatable bonds is 5. The third-order valence-electron chi connectivity index (χ3n) is 6.34. The first kappa shape index (κ1) is 26.7. The van der Waals surface area contributed by atoms with Gasteiger partial charge in [-0.25, -0.2) is 0 Å². The summed E-state index contributed by atoms with van der Waals surface area (Å²) in [7, 11) is 0. The highest BCUT2D eigenvalue weighted by Crippen LogP contribution is 2.27. The van der Waals surface area contributed by atoms with Crippen molar-refractivity contribution in [2.45, 2.75) is 0 Å². The van der Waals surface area contributed by atoms with Crippen LogP contribution in [0.5, 0.6) is 0 Å². The van der Waals surface area contributed by atoms with E-state index in [-0.39, 0.29) is 16.8 Å². The first-order chi connectivity index (χ1) is 18.9.